The monoisotopic (exact) mass is 362 g/mol. The molecular weight excluding hydrogens is 348 g/mol. The maximum Gasteiger partial charge on any atom is 0.335 e. The zero-order valence-electron chi connectivity index (χ0n) is 11.0. The van der Waals surface area contributed by atoms with Crippen LogP contribution in [0.1, 0.15) is 17.3 Å². The molecule has 6 nitrogen and oxygen atoms in total. The van der Waals surface area contributed by atoms with Crippen LogP contribution >= 0.6 is 15.9 Å². The third-order valence-electron chi connectivity index (χ3n) is 2.33. The predicted molar refractivity (Wildman–Crippen MR) is 81.7 cm³/mol. The highest BCUT2D eigenvalue weighted by Gasteiger charge is 2.11. The Kier molecular flexibility index (Phi) is 6.15. The van der Waals surface area contributed by atoms with E-state index in [0.29, 0.717) is 15.9 Å². The van der Waals surface area contributed by atoms with Gasteiger partial charge < -0.3 is 15.7 Å². The number of hydrogen-bond acceptors (Lipinski definition) is 3. The summed E-state index contributed by atoms with van der Waals surface area (Å²) in [6.45, 7) is 1.75. The lowest BCUT2D eigenvalue weighted by Gasteiger charge is -2.14. The molecule has 0 radical (unpaired) electrons. The molecule has 1 rings (SSSR count). The van der Waals surface area contributed by atoms with E-state index in [1.807, 2.05) is 0 Å². The van der Waals surface area contributed by atoms with E-state index in [-0.39, 0.29) is 11.6 Å². The van der Waals surface area contributed by atoms with Crippen molar-refractivity contribution in [2.75, 3.05) is 17.3 Å². The van der Waals surface area contributed by atoms with Crippen molar-refractivity contribution in [2.45, 2.75) is 13.0 Å². The minimum Gasteiger partial charge on any atom is -0.478 e. The Morgan fingerprint density at radius 1 is 1.45 bits per heavy atom. The van der Waals surface area contributed by atoms with Crippen molar-refractivity contribution in [3.8, 4) is 0 Å². The Labute approximate surface area is 127 Å². The second-order valence-corrected chi connectivity index (χ2v) is 6.57. The second-order valence-electron chi connectivity index (χ2n) is 4.24. The van der Waals surface area contributed by atoms with Crippen molar-refractivity contribution in [3.05, 3.63) is 28.2 Å². The number of halogens is 1. The second kappa shape index (κ2) is 7.39. The molecule has 0 aromatic heterocycles. The van der Waals surface area contributed by atoms with Crippen LogP contribution in [0.4, 0.5) is 10.5 Å². The first-order chi connectivity index (χ1) is 9.29. The SMILES string of the molecule is CC(CS(C)=O)NC(=O)Nc1ccc(C(=O)O)cc1Br. The van der Waals surface area contributed by atoms with Gasteiger partial charge in [0.15, 0.2) is 0 Å². The fraction of sp³-hybridized carbons (Fsp3) is 0.333. The number of amides is 2. The van der Waals surface area contributed by atoms with Gasteiger partial charge in [-0.25, -0.2) is 9.59 Å². The lowest BCUT2D eigenvalue weighted by atomic mass is 10.2. The molecule has 8 heteroatoms. The Bertz CT molecular complexity index is 550. The van der Waals surface area contributed by atoms with Gasteiger partial charge in [0.05, 0.1) is 11.3 Å². The van der Waals surface area contributed by atoms with Gasteiger partial charge in [-0.05, 0) is 41.1 Å². The first kappa shape index (κ1) is 16.6. The van der Waals surface area contributed by atoms with Gasteiger partial charge in [0, 0.05) is 33.3 Å². The molecule has 0 aliphatic heterocycles. The predicted octanol–water partition coefficient (Wildman–Crippen LogP) is 2.04. The van der Waals surface area contributed by atoms with Crippen LogP contribution in [0.2, 0.25) is 0 Å². The highest BCUT2D eigenvalue weighted by atomic mass is 79.9. The maximum atomic E-state index is 11.7. The topological polar surface area (TPSA) is 95.5 Å². The molecule has 0 saturated carbocycles. The first-order valence-corrected chi connectivity index (χ1v) is 8.22. The number of urea groups is 1. The molecule has 2 atom stereocenters. The molecule has 3 N–H and O–H groups in total. The first-order valence-electron chi connectivity index (χ1n) is 5.70. The maximum absolute atomic E-state index is 11.7. The van der Waals surface area contributed by atoms with Gasteiger partial charge in [0.25, 0.3) is 0 Å². The van der Waals surface area contributed by atoms with E-state index in [1.165, 1.54) is 18.2 Å². The fourth-order valence-corrected chi connectivity index (χ4v) is 2.79. The summed E-state index contributed by atoms with van der Waals surface area (Å²) >= 11 is 3.20. The highest BCUT2D eigenvalue weighted by Crippen LogP contribution is 2.23. The Morgan fingerprint density at radius 2 is 2.10 bits per heavy atom. The number of hydrogen-bond donors (Lipinski definition) is 3. The Hall–Kier alpha value is -1.41. The summed E-state index contributed by atoms with van der Waals surface area (Å²) in [5.41, 5.74) is 0.579. The molecule has 2 unspecified atom stereocenters. The summed E-state index contributed by atoms with van der Waals surface area (Å²) in [4.78, 5) is 22.5. The lowest BCUT2D eigenvalue weighted by molar-refractivity contribution is 0.0697. The van der Waals surface area contributed by atoms with E-state index >= 15 is 0 Å². The smallest absolute Gasteiger partial charge is 0.335 e. The number of carboxylic acid groups (broad SMARTS) is 1. The van der Waals surface area contributed by atoms with Crippen LogP contribution in [0.25, 0.3) is 0 Å². The van der Waals surface area contributed by atoms with Crippen molar-refractivity contribution in [1.82, 2.24) is 5.32 Å². The van der Waals surface area contributed by atoms with Gasteiger partial charge >= 0.3 is 12.0 Å². The van der Waals surface area contributed by atoms with Crippen molar-refractivity contribution in [2.24, 2.45) is 0 Å². The molecular formula is C12H15BrN2O4S. The van der Waals surface area contributed by atoms with Crippen LogP contribution < -0.4 is 10.6 Å². The summed E-state index contributed by atoms with van der Waals surface area (Å²) in [5.74, 6) is -0.673. The standard InChI is InChI=1S/C12H15BrN2O4S/c1-7(6-20(2)19)14-12(18)15-10-4-3-8(11(16)17)5-9(10)13/h3-5,7H,6H2,1-2H3,(H,16,17)(H2,14,15,18). The summed E-state index contributed by atoms with van der Waals surface area (Å²) in [5, 5.41) is 14.1. The zero-order chi connectivity index (χ0) is 15.3. The normalized spacial score (nSPS) is 13.3. The number of carbonyl (C=O) groups excluding carboxylic acids is 1. The summed E-state index contributed by atoms with van der Waals surface area (Å²) in [7, 11) is -0.988. The van der Waals surface area contributed by atoms with Crippen LogP contribution in [0.3, 0.4) is 0 Å². The molecule has 0 spiro atoms. The molecule has 0 aliphatic rings. The van der Waals surface area contributed by atoms with E-state index in [0.717, 1.165) is 0 Å². The number of carboxylic acids is 1. The van der Waals surface area contributed by atoms with Crippen molar-refractivity contribution in [3.63, 3.8) is 0 Å². The van der Waals surface area contributed by atoms with Crippen molar-refractivity contribution >= 4 is 44.4 Å². The van der Waals surface area contributed by atoms with Gasteiger partial charge in [-0.2, -0.15) is 0 Å². The third-order valence-corrected chi connectivity index (χ3v) is 3.95. The average Bonchev–Trinajstić information content (AvgIpc) is 2.30. The number of anilines is 1. The lowest BCUT2D eigenvalue weighted by Crippen LogP contribution is -2.39. The Balaban J connectivity index is 2.67. The number of carbonyl (C=O) groups is 2. The van der Waals surface area contributed by atoms with Crippen LogP contribution in [0.5, 0.6) is 0 Å². The molecule has 0 heterocycles. The molecule has 110 valence electrons. The van der Waals surface area contributed by atoms with E-state index in [1.54, 1.807) is 13.2 Å². The molecule has 1 aromatic carbocycles. The largest absolute Gasteiger partial charge is 0.478 e. The summed E-state index contributed by atoms with van der Waals surface area (Å²) in [6.07, 6.45) is 1.57. The average molecular weight is 363 g/mol. The molecule has 0 fully saturated rings. The van der Waals surface area contributed by atoms with E-state index in [9.17, 15) is 13.8 Å². The van der Waals surface area contributed by atoms with Gasteiger partial charge in [0.1, 0.15) is 0 Å². The minimum atomic E-state index is -1.04. The quantitative estimate of drug-likeness (QED) is 0.746. The fourth-order valence-electron chi connectivity index (χ4n) is 1.53. The third kappa shape index (κ3) is 5.30. The summed E-state index contributed by atoms with van der Waals surface area (Å²) in [6, 6.07) is 3.63. The Morgan fingerprint density at radius 3 is 2.60 bits per heavy atom. The van der Waals surface area contributed by atoms with Gasteiger partial charge in [-0.3, -0.25) is 4.21 Å². The number of benzene rings is 1. The zero-order valence-corrected chi connectivity index (χ0v) is 13.4. The summed E-state index contributed by atoms with van der Waals surface area (Å²) < 4.78 is 11.5. The number of nitrogens with one attached hydrogen (secondary N) is 2. The van der Waals surface area contributed by atoms with Crippen LogP contribution in [0, 0.1) is 0 Å². The van der Waals surface area contributed by atoms with Crippen LogP contribution in [0.15, 0.2) is 22.7 Å². The highest BCUT2D eigenvalue weighted by molar-refractivity contribution is 9.10. The van der Waals surface area contributed by atoms with Crippen molar-refractivity contribution < 1.29 is 18.9 Å². The van der Waals surface area contributed by atoms with Gasteiger partial charge in [-0.15, -0.1) is 0 Å². The molecule has 20 heavy (non-hydrogen) atoms. The van der Waals surface area contributed by atoms with Crippen LogP contribution in [-0.2, 0) is 10.8 Å². The number of aromatic carboxylic acids is 1. The van der Waals surface area contributed by atoms with Crippen molar-refractivity contribution in [1.29, 1.82) is 0 Å². The number of rotatable bonds is 5. The van der Waals surface area contributed by atoms with E-state index < -0.39 is 22.8 Å². The van der Waals surface area contributed by atoms with E-state index in [2.05, 4.69) is 26.6 Å². The minimum absolute atomic E-state index is 0.123. The van der Waals surface area contributed by atoms with Gasteiger partial charge in [0.2, 0.25) is 0 Å². The van der Waals surface area contributed by atoms with Gasteiger partial charge in [-0.1, -0.05) is 0 Å². The molecule has 1 aromatic rings. The molecule has 2 amide bonds. The van der Waals surface area contributed by atoms with E-state index in [4.69, 9.17) is 5.11 Å². The van der Waals surface area contributed by atoms with Crippen LogP contribution in [-0.4, -0.2) is 39.4 Å². The molecule has 0 bridgehead atoms. The molecule has 0 aliphatic carbocycles. The molecule has 0 saturated heterocycles.